The Labute approximate surface area is 107 Å². The Morgan fingerprint density at radius 1 is 0.882 bits per heavy atom. The molecular formula is C16H30O. The molecule has 1 nitrogen and oxygen atoms in total. The van der Waals surface area contributed by atoms with Gasteiger partial charge in [-0.15, -0.1) is 0 Å². The van der Waals surface area contributed by atoms with E-state index in [4.69, 9.17) is 0 Å². The second-order valence-electron chi connectivity index (χ2n) is 5.70. The fourth-order valence-corrected chi connectivity index (χ4v) is 2.66. The standard InChI is InChI=1S/C16H30O/c1-15-12-10-8-6-4-2-3-5-7-9-11-13-16(17)14-15/h10,12,15-17H,2-9,11,13-14H2,1H3/b12-10+. The van der Waals surface area contributed by atoms with E-state index in [0.29, 0.717) is 5.92 Å². The van der Waals surface area contributed by atoms with Crippen LogP contribution in [-0.2, 0) is 0 Å². The lowest BCUT2D eigenvalue weighted by molar-refractivity contribution is 0.140. The van der Waals surface area contributed by atoms with Crippen LogP contribution < -0.4 is 0 Å². The van der Waals surface area contributed by atoms with E-state index in [2.05, 4.69) is 19.1 Å². The SMILES string of the molecule is CC1/C=C/CCCCCCCCCCC(O)C1. The summed E-state index contributed by atoms with van der Waals surface area (Å²) >= 11 is 0. The lowest BCUT2D eigenvalue weighted by Crippen LogP contribution is -2.10. The third kappa shape index (κ3) is 8.43. The van der Waals surface area contributed by atoms with E-state index in [1.807, 2.05) is 0 Å². The van der Waals surface area contributed by atoms with Gasteiger partial charge in [0.05, 0.1) is 6.10 Å². The number of allylic oxidation sites excluding steroid dienone is 2. The van der Waals surface area contributed by atoms with Crippen molar-refractivity contribution >= 4 is 0 Å². The van der Waals surface area contributed by atoms with Gasteiger partial charge < -0.3 is 5.11 Å². The number of rotatable bonds is 0. The van der Waals surface area contributed by atoms with Crippen molar-refractivity contribution in [1.29, 1.82) is 0 Å². The van der Waals surface area contributed by atoms with Gasteiger partial charge in [-0.25, -0.2) is 0 Å². The molecule has 1 aliphatic rings. The molecule has 0 spiro atoms. The number of aliphatic hydroxyl groups is 1. The molecule has 1 rings (SSSR count). The third-order valence-electron chi connectivity index (χ3n) is 3.77. The molecule has 1 aliphatic carbocycles. The van der Waals surface area contributed by atoms with Crippen LogP contribution in [0.4, 0.5) is 0 Å². The Morgan fingerprint density at radius 3 is 2.18 bits per heavy atom. The van der Waals surface area contributed by atoms with Gasteiger partial charge in [0, 0.05) is 0 Å². The molecule has 0 saturated carbocycles. The molecule has 1 heteroatoms. The molecular weight excluding hydrogens is 208 g/mol. The normalized spacial score (nSPS) is 32.4. The maximum atomic E-state index is 9.91. The van der Waals surface area contributed by atoms with Crippen LogP contribution in [0.25, 0.3) is 0 Å². The van der Waals surface area contributed by atoms with Gasteiger partial charge >= 0.3 is 0 Å². The van der Waals surface area contributed by atoms with Crippen molar-refractivity contribution in [3.8, 4) is 0 Å². The molecule has 0 aromatic carbocycles. The van der Waals surface area contributed by atoms with Gasteiger partial charge in [-0.1, -0.05) is 64.0 Å². The summed E-state index contributed by atoms with van der Waals surface area (Å²) in [5.41, 5.74) is 0. The van der Waals surface area contributed by atoms with E-state index < -0.39 is 0 Å². The molecule has 0 aliphatic heterocycles. The van der Waals surface area contributed by atoms with Crippen molar-refractivity contribution in [1.82, 2.24) is 0 Å². The molecule has 0 saturated heterocycles. The highest BCUT2D eigenvalue weighted by atomic mass is 16.3. The van der Waals surface area contributed by atoms with Crippen LogP contribution in [0.15, 0.2) is 12.2 Å². The quantitative estimate of drug-likeness (QED) is 0.598. The third-order valence-corrected chi connectivity index (χ3v) is 3.77. The predicted octanol–water partition coefficient (Wildman–Crippen LogP) is 4.84. The van der Waals surface area contributed by atoms with E-state index in [1.54, 1.807) is 0 Å². The minimum atomic E-state index is -0.0835. The van der Waals surface area contributed by atoms with Gasteiger partial charge in [-0.05, 0) is 31.6 Å². The molecule has 1 N–H and O–H groups in total. The van der Waals surface area contributed by atoms with Crippen LogP contribution in [0.1, 0.15) is 77.6 Å². The smallest absolute Gasteiger partial charge is 0.0545 e. The number of hydrogen-bond acceptors (Lipinski definition) is 1. The Kier molecular flexibility index (Phi) is 8.42. The first-order valence-corrected chi connectivity index (χ1v) is 7.64. The Bertz CT molecular complexity index is 198. The molecule has 0 aromatic heterocycles. The fraction of sp³-hybridized carbons (Fsp3) is 0.875. The van der Waals surface area contributed by atoms with Gasteiger partial charge in [0.2, 0.25) is 0 Å². The van der Waals surface area contributed by atoms with Crippen LogP contribution in [-0.4, -0.2) is 11.2 Å². The van der Waals surface area contributed by atoms with Crippen molar-refractivity contribution in [3.05, 3.63) is 12.2 Å². The molecule has 0 bridgehead atoms. The van der Waals surface area contributed by atoms with Crippen LogP contribution in [0.2, 0.25) is 0 Å². The summed E-state index contributed by atoms with van der Waals surface area (Å²) in [4.78, 5) is 0. The Balaban J connectivity index is 2.29. The highest BCUT2D eigenvalue weighted by Gasteiger charge is 2.07. The van der Waals surface area contributed by atoms with Gasteiger partial charge in [0.25, 0.3) is 0 Å². The summed E-state index contributed by atoms with van der Waals surface area (Å²) in [7, 11) is 0. The zero-order valence-electron chi connectivity index (χ0n) is 11.5. The number of aliphatic hydroxyl groups excluding tert-OH is 1. The van der Waals surface area contributed by atoms with Crippen LogP contribution >= 0.6 is 0 Å². The van der Waals surface area contributed by atoms with Gasteiger partial charge in [-0.2, -0.15) is 0 Å². The topological polar surface area (TPSA) is 20.2 Å². The maximum absolute atomic E-state index is 9.91. The first-order chi connectivity index (χ1) is 8.29. The molecule has 0 aromatic rings. The Hall–Kier alpha value is -0.300. The minimum absolute atomic E-state index is 0.0835. The monoisotopic (exact) mass is 238 g/mol. The molecule has 2 atom stereocenters. The minimum Gasteiger partial charge on any atom is -0.393 e. The molecule has 100 valence electrons. The van der Waals surface area contributed by atoms with Crippen molar-refractivity contribution in [2.45, 2.75) is 83.7 Å². The lowest BCUT2D eigenvalue weighted by Gasteiger charge is -2.13. The van der Waals surface area contributed by atoms with Crippen molar-refractivity contribution in [3.63, 3.8) is 0 Å². The van der Waals surface area contributed by atoms with Gasteiger partial charge in [0.1, 0.15) is 0 Å². The number of hydrogen-bond donors (Lipinski definition) is 1. The van der Waals surface area contributed by atoms with Crippen molar-refractivity contribution < 1.29 is 5.11 Å². The first kappa shape index (κ1) is 14.8. The first-order valence-electron chi connectivity index (χ1n) is 7.64. The van der Waals surface area contributed by atoms with Crippen molar-refractivity contribution in [2.24, 2.45) is 5.92 Å². The van der Waals surface area contributed by atoms with E-state index >= 15 is 0 Å². The molecule has 0 radical (unpaired) electrons. The van der Waals surface area contributed by atoms with Gasteiger partial charge in [-0.3, -0.25) is 0 Å². The molecule has 0 amide bonds. The van der Waals surface area contributed by atoms with Crippen LogP contribution in [0.5, 0.6) is 0 Å². The van der Waals surface area contributed by atoms with Crippen LogP contribution in [0, 0.1) is 5.92 Å². The van der Waals surface area contributed by atoms with E-state index in [0.717, 1.165) is 12.8 Å². The summed E-state index contributed by atoms with van der Waals surface area (Å²) < 4.78 is 0. The summed E-state index contributed by atoms with van der Waals surface area (Å²) in [6.07, 6.45) is 18.5. The lowest BCUT2D eigenvalue weighted by atomic mass is 9.98. The molecule has 2 unspecified atom stereocenters. The molecule has 17 heavy (non-hydrogen) atoms. The largest absolute Gasteiger partial charge is 0.393 e. The molecule has 0 heterocycles. The average molecular weight is 238 g/mol. The van der Waals surface area contributed by atoms with Gasteiger partial charge in [0.15, 0.2) is 0 Å². The second kappa shape index (κ2) is 9.70. The summed E-state index contributed by atoms with van der Waals surface area (Å²) in [5.74, 6) is 0.537. The second-order valence-corrected chi connectivity index (χ2v) is 5.70. The Morgan fingerprint density at radius 2 is 1.47 bits per heavy atom. The zero-order valence-corrected chi connectivity index (χ0v) is 11.5. The molecule has 0 fully saturated rings. The summed E-state index contributed by atoms with van der Waals surface area (Å²) in [6, 6.07) is 0. The summed E-state index contributed by atoms with van der Waals surface area (Å²) in [5, 5.41) is 9.91. The zero-order chi connectivity index (χ0) is 12.3. The van der Waals surface area contributed by atoms with Crippen molar-refractivity contribution in [2.75, 3.05) is 0 Å². The highest BCUT2D eigenvalue weighted by molar-refractivity contribution is 4.87. The fourth-order valence-electron chi connectivity index (χ4n) is 2.66. The van der Waals surface area contributed by atoms with E-state index in [-0.39, 0.29) is 6.10 Å². The van der Waals surface area contributed by atoms with Crippen LogP contribution in [0.3, 0.4) is 0 Å². The maximum Gasteiger partial charge on any atom is 0.0545 e. The predicted molar refractivity (Wildman–Crippen MR) is 75.1 cm³/mol. The average Bonchev–Trinajstić information content (AvgIpc) is 2.30. The van der Waals surface area contributed by atoms with E-state index in [1.165, 1.54) is 57.8 Å². The summed E-state index contributed by atoms with van der Waals surface area (Å²) in [6.45, 7) is 2.22. The van der Waals surface area contributed by atoms with E-state index in [9.17, 15) is 5.11 Å². The highest BCUT2D eigenvalue weighted by Crippen LogP contribution is 2.16.